The van der Waals surface area contributed by atoms with Crippen LogP contribution in [0.4, 0.5) is 0 Å². The van der Waals surface area contributed by atoms with Gasteiger partial charge >= 0.3 is 0 Å². The highest BCUT2D eigenvalue weighted by atomic mass is 16.5. The Balaban J connectivity index is 1.61. The molecule has 0 saturated heterocycles. The number of nitrogens with one attached hydrogen (secondary N) is 2. The predicted octanol–water partition coefficient (Wildman–Crippen LogP) is 3.20. The monoisotopic (exact) mass is 363 g/mol. The second kappa shape index (κ2) is 6.46. The lowest BCUT2D eigenvalue weighted by atomic mass is 9.89. The van der Waals surface area contributed by atoms with Crippen LogP contribution in [0.2, 0.25) is 0 Å². The van der Waals surface area contributed by atoms with E-state index in [1.807, 2.05) is 56.3 Å². The lowest BCUT2D eigenvalue weighted by molar-refractivity contribution is 0.0618. The Bertz CT molecular complexity index is 1030. The van der Waals surface area contributed by atoms with E-state index < -0.39 is 5.60 Å². The maximum atomic E-state index is 12.8. The van der Waals surface area contributed by atoms with E-state index in [-0.39, 0.29) is 23.2 Å². The van der Waals surface area contributed by atoms with Crippen molar-refractivity contribution in [2.24, 2.45) is 0 Å². The fourth-order valence-electron chi connectivity index (χ4n) is 3.45. The molecule has 1 aliphatic rings. The molecule has 6 heteroatoms. The number of fused-ring (bicyclic) bond motifs is 1. The number of benzene rings is 2. The first-order valence-corrected chi connectivity index (χ1v) is 8.89. The quantitative estimate of drug-likeness (QED) is 0.750. The molecule has 1 amide bonds. The van der Waals surface area contributed by atoms with Crippen LogP contribution in [0.1, 0.15) is 42.4 Å². The summed E-state index contributed by atoms with van der Waals surface area (Å²) in [5.41, 5.74) is 1.18. The van der Waals surface area contributed by atoms with Crippen LogP contribution < -0.4 is 15.6 Å². The number of aromatic nitrogens is 2. The van der Waals surface area contributed by atoms with Crippen molar-refractivity contribution < 1.29 is 9.53 Å². The van der Waals surface area contributed by atoms with Crippen LogP contribution in [0, 0.1) is 0 Å². The smallest absolute Gasteiger partial charge is 0.271 e. The van der Waals surface area contributed by atoms with Gasteiger partial charge in [-0.2, -0.15) is 0 Å². The summed E-state index contributed by atoms with van der Waals surface area (Å²) in [5, 5.41) is 5.93. The van der Waals surface area contributed by atoms with Gasteiger partial charge < -0.3 is 10.1 Å². The number of rotatable bonds is 3. The van der Waals surface area contributed by atoms with Crippen LogP contribution in [0.3, 0.4) is 0 Å². The van der Waals surface area contributed by atoms with E-state index in [4.69, 9.17) is 4.74 Å². The third kappa shape index (κ3) is 3.38. The summed E-state index contributed by atoms with van der Waals surface area (Å²) in [6.07, 6.45) is 0.638. The molecular weight excluding hydrogens is 342 g/mol. The third-order valence-corrected chi connectivity index (χ3v) is 4.66. The van der Waals surface area contributed by atoms with Gasteiger partial charge in [-0.1, -0.05) is 36.4 Å². The molecular formula is C21H21N3O3. The lowest BCUT2D eigenvalue weighted by Gasteiger charge is -2.37. The van der Waals surface area contributed by atoms with Gasteiger partial charge in [0.1, 0.15) is 17.0 Å². The van der Waals surface area contributed by atoms with Gasteiger partial charge in [0.05, 0.1) is 11.7 Å². The molecule has 1 aliphatic heterocycles. The average molecular weight is 363 g/mol. The fourth-order valence-corrected chi connectivity index (χ4v) is 3.45. The van der Waals surface area contributed by atoms with Gasteiger partial charge in [0.15, 0.2) is 0 Å². The van der Waals surface area contributed by atoms with Crippen molar-refractivity contribution in [2.45, 2.75) is 31.9 Å². The van der Waals surface area contributed by atoms with E-state index in [9.17, 15) is 9.59 Å². The number of hydrogen-bond donors (Lipinski definition) is 2. The molecule has 2 N–H and O–H groups in total. The zero-order chi connectivity index (χ0) is 19.0. The second-order valence-electron chi connectivity index (χ2n) is 7.31. The minimum atomic E-state index is -0.393. The number of carbonyl (C=O) groups is 1. The molecule has 6 nitrogen and oxygen atoms in total. The van der Waals surface area contributed by atoms with E-state index in [0.29, 0.717) is 12.1 Å². The SMILES string of the molecule is CC1(C)C[C@H](NC(=O)c2cc(=O)n(-c3ccccc3)[nH]2)c2ccccc2O1. The van der Waals surface area contributed by atoms with E-state index in [2.05, 4.69) is 10.4 Å². The van der Waals surface area contributed by atoms with Gasteiger partial charge in [-0.25, -0.2) is 4.68 Å². The Morgan fingerprint density at radius 3 is 2.63 bits per heavy atom. The van der Waals surface area contributed by atoms with Gasteiger partial charge in [0.2, 0.25) is 0 Å². The number of nitrogens with zero attached hydrogens (tertiary/aromatic N) is 1. The maximum Gasteiger partial charge on any atom is 0.271 e. The van der Waals surface area contributed by atoms with Gasteiger partial charge in [-0.05, 0) is 32.0 Å². The summed E-state index contributed by atoms with van der Waals surface area (Å²) in [6.45, 7) is 3.99. The summed E-state index contributed by atoms with van der Waals surface area (Å²) >= 11 is 0. The van der Waals surface area contributed by atoms with Gasteiger partial charge in [0.25, 0.3) is 11.5 Å². The largest absolute Gasteiger partial charge is 0.487 e. The van der Waals surface area contributed by atoms with Gasteiger partial charge in [0, 0.05) is 18.1 Å². The van der Waals surface area contributed by atoms with Crippen molar-refractivity contribution in [1.82, 2.24) is 15.1 Å². The maximum absolute atomic E-state index is 12.8. The molecule has 0 unspecified atom stereocenters. The lowest BCUT2D eigenvalue weighted by Crippen LogP contribution is -2.41. The molecule has 0 saturated carbocycles. The highest BCUT2D eigenvalue weighted by Crippen LogP contribution is 2.39. The average Bonchev–Trinajstić information content (AvgIpc) is 3.03. The van der Waals surface area contributed by atoms with Crippen LogP contribution in [-0.2, 0) is 0 Å². The highest BCUT2D eigenvalue weighted by molar-refractivity contribution is 5.92. The van der Waals surface area contributed by atoms with Crippen molar-refractivity contribution >= 4 is 5.91 Å². The normalized spacial score (nSPS) is 17.6. The molecule has 27 heavy (non-hydrogen) atoms. The van der Waals surface area contributed by atoms with Crippen LogP contribution in [0.25, 0.3) is 5.69 Å². The Kier molecular flexibility index (Phi) is 4.11. The standard InChI is InChI=1S/C21H21N3O3/c1-21(2)13-17(15-10-6-7-11-18(15)27-21)22-20(26)16-12-19(25)24(23-16)14-8-4-3-5-9-14/h3-12,17,23H,13H2,1-2H3,(H,22,26)/t17-/m0/s1. The second-order valence-corrected chi connectivity index (χ2v) is 7.31. The van der Waals surface area contributed by atoms with Crippen molar-refractivity contribution in [3.63, 3.8) is 0 Å². The predicted molar refractivity (Wildman–Crippen MR) is 102 cm³/mol. The molecule has 0 bridgehead atoms. The zero-order valence-electron chi connectivity index (χ0n) is 15.2. The number of aromatic amines is 1. The summed E-state index contributed by atoms with van der Waals surface area (Å²) in [4.78, 5) is 25.1. The van der Waals surface area contributed by atoms with Crippen LogP contribution in [-0.4, -0.2) is 21.3 Å². The number of para-hydroxylation sites is 2. The summed E-state index contributed by atoms with van der Waals surface area (Å²) in [6, 6.07) is 18.0. The molecule has 3 aromatic rings. The minimum Gasteiger partial charge on any atom is -0.487 e. The van der Waals surface area contributed by atoms with E-state index in [1.165, 1.54) is 10.7 Å². The van der Waals surface area contributed by atoms with Gasteiger partial charge in [-0.3, -0.25) is 14.7 Å². The number of ether oxygens (including phenoxy) is 1. The van der Waals surface area contributed by atoms with E-state index in [0.717, 1.165) is 11.3 Å². The van der Waals surface area contributed by atoms with Crippen LogP contribution in [0.5, 0.6) is 5.75 Å². The summed E-state index contributed by atoms with van der Waals surface area (Å²) in [5.74, 6) is 0.452. The number of amides is 1. The van der Waals surface area contributed by atoms with Crippen LogP contribution in [0.15, 0.2) is 65.5 Å². The first kappa shape index (κ1) is 17.1. The molecule has 1 aromatic heterocycles. The molecule has 1 atom stereocenters. The molecule has 138 valence electrons. The first-order chi connectivity index (χ1) is 12.9. The third-order valence-electron chi connectivity index (χ3n) is 4.66. The van der Waals surface area contributed by atoms with E-state index in [1.54, 1.807) is 12.1 Å². The fraction of sp³-hybridized carbons (Fsp3) is 0.238. The molecule has 2 aromatic carbocycles. The number of H-pyrrole nitrogens is 1. The molecule has 0 radical (unpaired) electrons. The zero-order valence-corrected chi connectivity index (χ0v) is 15.2. The molecule has 0 spiro atoms. The van der Waals surface area contributed by atoms with Crippen molar-refractivity contribution in [3.05, 3.63) is 82.3 Å². The van der Waals surface area contributed by atoms with E-state index >= 15 is 0 Å². The highest BCUT2D eigenvalue weighted by Gasteiger charge is 2.34. The Hall–Kier alpha value is -3.28. The molecule has 0 aliphatic carbocycles. The summed E-state index contributed by atoms with van der Waals surface area (Å²) in [7, 11) is 0. The number of hydrogen-bond acceptors (Lipinski definition) is 3. The van der Waals surface area contributed by atoms with Crippen LogP contribution >= 0.6 is 0 Å². The molecule has 0 fully saturated rings. The van der Waals surface area contributed by atoms with Crippen molar-refractivity contribution in [2.75, 3.05) is 0 Å². The Morgan fingerprint density at radius 1 is 1.15 bits per heavy atom. The molecule has 2 heterocycles. The van der Waals surface area contributed by atoms with Crippen molar-refractivity contribution in [1.29, 1.82) is 0 Å². The topological polar surface area (TPSA) is 76.1 Å². The van der Waals surface area contributed by atoms with Crippen molar-refractivity contribution in [3.8, 4) is 11.4 Å². The Morgan fingerprint density at radius 2 is 1.85 bits per heavy atom. The van der Waals surface area contributed by atoms with Gasteiger partial charge in [-0.15, -0.1) is 0 Å². The minimum absolute atomic E-state index is 0.193. The Labute approximate surface area is 156 Å². The number of carbonyl (C=O) groups excluding carboxylic acids is 1. The molecule has 4 rings (SSSR count). The first-order valence-electron chi connectivity index (χ1n) is 8.89. The summed E-state index contributed by atoms with van der Waals surface area (Å²) < 4.78 is 7.36.